The van der Waals surface area contributed by atoms with Crippen LogP contribution in [0.5, 0.6) is 0 Å². The van der Waals surface area contributed by atoms with Gasteiger partial charge in [-0.3, -0.25) is 0 Å². The molecule has 0 aliphatic carbocycles. The topological polar surface area (TPSA) is 23.8 Å². The highest BCUT2D eigenvalue weighted by Gasteiger charge is 1.95. The SMILES string of the molecule is [CH2]c1ccc2cc(C#N)ccc2c1. The minimum Gasteiger partial charge on any atom is -0.192 e. The zero-order valence-electron chi connectivity index (χ0n) is 7.12. The van der Waals surface area contributed by atoms with Crippen LogP contribution in [0.3, 0.4) is 0 Å². The molecule has 0 spiro atoms. The molecule has 0 heterocycles. The minimum absolute atomic E-state index is 0.698. The molecule has 0 fully saturated rings. The number of hydrogen-bond acceptors (Lipinski definition) is 1. The summed E-state index contributed by atoms with van der Waals surface area (Å²) in [5.41, 5.74) is 1.70. The highest BCUT2D eigenvalue weighted by atomic mass is 14.2. The van der Waals surface area contributed by atoms with Crippen LogP contribution in [0.1, 0.15) is 11.1 Å². The van der Waals surface area contributed by atoms with Crippen molar-refractivity contribution in [1.82, 2.24) is 0 Å². The number of hydrogen-bond donors (Lipinski definition) is 0. The molecule has 13 heavy (non-hydrogen) atoms. The van der Waals surface area contributed by atoms with Gasteiger partial charge in [-0.25, -0.2) is 0 Å². The minimum atomic E-state index is 0.698. The second-order valence-corrected chi connectivity index (χ2v) is 3.01. The van der Waals surface area contributed by atoms with E-state index in [0.29, 0.717) is 5.56 Å². The van der Waals surface area contributed by atoms with Gasteiger partial charge < -0.3 is 0 Å². The van der Waals surface area contributed by atoms with Crippen molar-refractivity contribution in [2.24, 2.45) is 0 Å². The maximum Gasteiger partial charge on any atom is 0.0991 e. The third-order valence-electron chi connectivity index (χ3n) is 2.03. The first-order valence-corrected chi connectivity index (χ1v) is 4.05. The van der Waals surface area contributed by atoms with Crippen molar-refractivity contribution in [2.45, 2.75) is 0 Å². The standard InChI is InChI=1S/C12H8N/c1-9-2-4-12-7-10(8-13)3-5-11(12)6-9/h2-7H,1H2. The smallest absolute Gasteiger partial charge is 0.0991 e. The van der Waals surface area contributed by atoms with Crippen LogP contribution in [0.15, 0.2) is 36.4 Å². The first kappa shape index (κ1) is 7.82. The first-order chi connectivity index (χ1) is 6.29. The van der Waals surface area contributed by atoms with E-state index in [-0.39, 0.29) is 0 Å². The molecule has 0 aromatic heterocycles. The molecule has 2 aromatic rings. The van der Waals surface area contributed by atoms with Crippen LogP contribution in [-0.2, 0) is 0 Å². The van der Waals surface area contributed by atoms with E-state index in [4.69, 9.17) is 5.26 Å². The Kier molecular flexibility index (Phi) is 1.75. The van der Waals surface area contributed by atoms with E-state index in [9.17, 15) is 0 Å². The van der Waals surface area contributed by atoms with E-state index < -0.39 is 0 Å². The van der Waals surface area contributed by atoms with Gasteiger partial charge in [0, 0.05) is 0 Å². The molecule has 2 rings (SSSR count). The second kappa shape index (κ2) is 2.91. The van der Waals surface area contributed by atoms with Crippen molar-refractivity contribution in [3.05, 3.63) is 54.4 Å². The summed E-state index contributed by atoms with van der Waals surface area (Å²) in [6.07, 6.45) is 0. The van der Waals surface area contributed by atoms with Gasteiger partial charge in [-0.1, -0.05) is 24.3 Å². The number of rotatable bonds is 0. The number of fused-ring (bicyclic) bond motifs is 1. The summed E-state index contributed by atoms with van der Waals surface area (Å²) in [6.45, 7) is 3.85. The lowest BCUT2D eigenvalue weighted by Crippen LogP contribution is -1.77. The Labute approximate surface area is 77.2 Å². The number of benzene rings is 2. The largest absolute Gasteiger partial charge is 0.192 e. The van der Waals surface area contributed by atoms with Crippen LogP contribution in [0, 0.1) is 18.3 Å². The third-order valence-corrected chi connectivity index (χ3v) is 2.03. The van der Waals surface area contributed by atoms with E-state index in [0.717, 1.165) is 16.3 Å². The van der Waals surface area contributed by atoms with Gasteiger partial charge in [0.2, 0.25) is 0 Å². The van der Waals surface area contributed by atoms with E-state index in [2.05, 4.69) is 13.0 Å². The molecule has 1 nitrogen and oxygen atoms in total. The zero-order valence-corrected chi connectivity index (χ0v) is 7.12. The summed E-state index contributed by atoms with van der Waals surface area (Å²) >= 11 is 0. The fourth-order valence-electron chi connectivity index (χ4n) is 1.36. The zero-order chi connectivity index (χ0) is 9.26. The molecule has 0 aliphatic heterocycles. The van der Waals surface area contributed by atoms with Gasteiger partial charge in [-0.2, -0.15) is 5.26 Å². The molecule has 0 aliphatic rings. The van der Waals surface area contributed by atoms with Gasteiger partial charge in [0.05, 0.1) is 11.6 Å². The highest BCUT2D eigenvalue weighted by Crippen LogP contribution is 2.16. The predicted molar refractivity (Wildman–Crippen MR) is 53.1 cm³/mol. The van der Waals surface area contributed by atoms with Gasteiger partial charge in [0.1, 0.15) is 0 Å². The highest BCUT2D eigenvalue weighted by molar-refractivity contribution is 5.84. The molecular weight excluding hydrogens is 158 g/mol. The van der Waals surface area contributed by atoms with Gasteiger partial charge in [0.15, 0.2) is 0 Å². The van der Waals surface area contributed by atoms with Gasteiger partial charge >= 0.3 is 0 Å². The van der Waals surface area contributed by atoms with Crippen LogP contribution in [0.25, 0.3) is 10.8 Å². The lowest BCUT2D eigenvalue weighted by molar-refractivity contribution is 1.49. The van der Waals surface area contributed by atoms with Crippen LogP contribution in [-0.4, -0.2) is 0 Å². The Morgan fingerprint density at radius 1 is 1.00 bits per heavy atom. The Morgan fingerprint density at radius 3 is 2.46 bits per heavy atom. The summed E-state index contributed by atoms with van der Waals surface area (Å²) in [7, 11) is 0. The Morgan fingerprint density at radius 2 is 1.69 bits per heavy atom. The van der Waals surface area contributed by atoms with Crippen molar-refractivity contribution in [2.75, 3.05) is 0 Å². The Bertz CT molecular complexity index is 492. The van der Waals surface area contributed by atoms with Crippen molar-refractivity contribution < 1.29 is 0 Å². The second-order valence-electron chi connectivity index (χ2n) is 3.01. The van der Waals surface area contributed by atoms with E-state index in [1.807, 2.05) is 36.4 Å². The van der Waals surface area contributed by atoms with Crippen LogP contribution in [0.2, 0.25) is 0 Å². The van der Waals surface area contributed by atoms with E-state index >= 15 is 0 Å². The van der Waals surface area contributed by atoms with Gasteiger partial charge in [-0.05, 0) is 35.4 Å². The molecule has 2 aromatic carbocycles. The van der Waals surface area contributed by atoms with Crippen LogP contribution in [0.4, 0.5) is 0 Å². The Balaban J connectivity index is 2.75. The quantitative estimate of drug-likeness (QED) is 0.590. The monoisotopic (exact) mass is 166 g/mol. The molecule has 0 bridgehead atoms. The molecule has 61 valence electrons. The maximum absolute atomic E-state index is 8.69. The first-order valence-electron chi connectivity index (χ1n) is 4.05. The van der Waals surface area contributed by atoms with Gasteiger partial charge in [-0.15, -0.1) is 0 Å². The molecule has 1 radical (unpaired) electrons. The third kappa shape index (κ3) is 1.39. The van der Waals surface area contributed by atoms with Gasteiger partial charge in [0.25, 0.3) is 0 Å². The lowest BCUT2D eigenvalue weighted by Gasteiger charge is -1.98. The summed E-state index contributed by atoms with van der Waals surface area (Å²) in [5, 5.41) is 10.9. The molecular formula is C12H8N. The van der Waals surface area contributed by atoms with E-state index in [1.54, 1.807) is 0 Å². The average molecular weight is 166 g/mol. The molecule has 0 N–H and O–H groups in total. The van der Waals surface area contributed by atoms with Crippen molar-refractivity contribution in [1.29, 1.82) is 5.26 Å². The number of nitrogens with zero attached hydrogens (tertiary/aromatic N) is 1. The van der Waals surface area contributed by atoms with E-state index in [1.165, 1.54) is 0 Å². The fraction of sp³-hybridized carbons (Fsp3) is 0. The average Bonchev–Trinajstić information content (AvgIpc) is 2.17. The summed E-state index contributed by atoms with van der Waals surface area (Å²) in [5.74, 6) is 0. The molecule has 0 atom stereocenters. The molecule has 1 heteroatoms. The van der Waals surface area contributed by atoms with Crippen LogP contribution >= 0.6 is 0 Å². The summed E-state index contributed by atoms with van der Waals surface area (Å²) in [6, 6.07) is 13.7. The predicted octanol–water partition coefficient (Wildman–Crippen LogP) is 2.89. The lowest BCUT2D eigenvalue weighted by atomic mass is 10.1. The maximum atomic E-state index is 8.69. The fourth-order valence-corrected chi connectivity index (χ4v) is 1.36. The summed E-state index contributed by atoms with van der Waals surface area (Å²) < 4.78 is 0. The summed E-state index contributed by atoms with van der Waals surface area (Å²) in [4.78, 5) is 0. The Hall–Kier alpha value is -1.81. The molecule has 0 saturated heterocycles. The normalized spacial score (nSPS) is 9.85. The molecule has 0 unspecified atom stereocenters. The number of nitriles is 1. The van der Waals surface area contributed by atoms with Crippen molar-refractivity contribution in [3.63, 3.8) is 0 Å². The van der Waals surface area contributed by atoms with Crippen molar-refractivity contribution in [3.8, 4) is 6.07 Å². The molecule has 0 amide bonds. The van der Waals surface area contributed by atoms with Crippen molar-refractivity contribution >= 4 is 10.8 Å². The molecule has 0 saturated carbocycles. The van der Waals surface area contributed by atoms with Crippen LogP contribution < -0.4 is 0 Å².